The Balaban J connectivity index is 2.16. The molecule has 0 N–H and O–H groups in total. The summed E-state index contributed by atoms with van der Waals surface area (Å²) in [6.45, 7) is 14.0. The summed E-state index contributed by atoms with van der Waals surface area (Å²) >= 11 is 0. The molecule has 0 aliphatic carbocycles. The van der Waals surface area contributed by atoms with Crippen molar-refractivity contribution in [2.75, 3.05) is 41.9 Å². The van der Waals surface area contributed by atoms with Gasteiger partial charge in [-0.1, -0.05) is 140 Å². The fourth-order valence-electron chi connectivity index (χ4n) is 5.66. The molecule has 0 saturated carbocycles. The predicted molar refractivity (Wildman–Crippen MR) is 192 cm³/mol. The van der Waals surface area contributed by atoms with Crippen LogP contribution in [0.15, 0.2) is 72.8 Å². The minimum atomic E-state index is -0.108. The summed E-state index contributed by atoms with van der Waals surface area (Å²) in [6, 6.07) is 28.7. The Labute approximate surface area is 250 Å². The minimum absolute atomic E-state index is 0.108. The first-order chi connectivity index (χ1) is 19.6. The second-order valence-electron chi connectivity index (χ2n) is 10.9. The lowest BCUT2D eigenvalue weighted by molar-refractivity contribution is 1.06. The molecule has 0 saturated heterocycles. The zero-order valence-corrected chi connectivity index (χ0v) is 28.9. The largest absolute Gasteiger partial charge is 0.310 e. The zero-order chi connectivity index (χ0) is 28.7. The normalized spacial score (nSPS) is 11.6. The van der Waals surface area contributed by atoms with Gasteiger partial charge in [0.1, 0.15) is 0 Å². The standard InChI is InChI=1S/C36H54NP3/c1-7-22-38(23-8-2)34-19-13-16-31(28-34)37(32-17-14-20-35(29-32)39(24-9-3)25-10-4)33-18-15-21-36(30-33)40(26-11-5)27-12-6/h13-21,28-30H,7-12,22-27H2,1-6H3. The van der Waals surface area contributed by atoms with E-state index in [-0.39, 0.29) is 23.8 Å². The monoisotopic (exact) mass is 593 g/mol. The second kappa shape index (κ2) is 18.3. The molecular formula is C36H54NP3. The Morgan fingerprint density at radius 1 is 0.400 bits per heavy atom. The van der Waals surface area contributed by atoms with Crippen molar-refractivity contribution in [1.29, 1.82) is 0 Å². The van der Waals surface area contributed by atoms with Gasteiger partial charge >= 0.3 is 0 Å². The summed E-state index contributed by atoms with van der Waals surface area (Å²) in [5.41, 5.74) is 3.95. The van der Waals surface area contributed by atoms with Crippen LogP contribution in [-0.2, 0) is 0 Å². The summed E-state index contributed by atoms with van der Waals surface area (Å²) in [4.78, 5) is 2.57. The molecule has 0 atom stereocenters. The summed E-state index contributed by atoms with van der Waals surface area (Å²) < 4.78 is 0. The fourth-order valence-corrected chi connectivity index (χ4v) is 13.0. The van der Waals surface area contributed by atoms with Crippen LogP contribution in [0.2, 0.25) is 0 Å². The Morgan fingerprint density at radius 3 is 0.875 bits per heavy atom. The Hall–Kier alpha value is -1.25. The van der Waals surface area contributed by atoms with Gasteiger partial charge in [0.05, 0.1) is 0 Å². The molecule has 3 aromatic carbocycles. The highest BCUT2D eigenvalue weighted by Gasteiger charge is 2.19. The third kappa shape index (κ3) is 9.38. The molecule has 0 amide bonds. The smallest absolute Gasteiger partial charge is 0.0467 e. The van der Waals surface area contributed by atoms with Gasteiger partial charge in [-0.2, -0.15) is 0 Å². The minimum Gasteiger partial charge on any atom is -0.310 e. The molecule has 3 rings (SSSR count). The Kier molecular flexibility index (Phi) is 15.2. The van der Waals surface area contributed by atoms with Crippen LogP contribution in [0, 0.1) is 0 Å². The topological polar surface area (TPSA) is 3.24 Å². The lowest BCUT2D eigenvalue weighted by Gasteiger charge is -2.29. The molecule has 0 radical (unpaired) electrons. The summed E-state index contributed by atoms with van der Waals surface area (Å²) in [6.07, 6.45) is 15.6. The summed E-state index contributed by atoms with van der Waals surface area (Å²) in [7, 11) is -0.323. The predicted octanol–water partition coefficient (Wildman–Crippen LogP) is 10.9. The molecule has 0 unspecified atom stereocenters. The van der Waals surface area contributed by atoms with Gasteiger partial charge in [-0.25, -0.2) is 0 Å². The van der Waals surface area contributed by atoms with E-state index in [9.17, 15) is 0 Å². The number of hydrogen-bond acceptors (Lipinski definition) is 1. The molecule has 0 heterocycles. The van der Waals surface area contributed by atoms with Gasteiger partial charge in [0.25, 0.3) is 0 Å². The molecule has 3 aromatic rings. The fraction of sp³-hybridized carbons (Fsp3) is 0.500. The molecule has 40 heavy (non-hydrogen) atoms. The highest BCUT2D eigenvalue weighted by Crippen LogP contribution is 2.43. The maximum absolute atomic E-state index is 2.57. The third-order valence-corrected chi connectivity index (χ3v) is 16.3. The molecule has 0 bridgehead atoms. The highest BCUT2D eigenvalue weighted by atomic mass is 31.1. The van der Waals surface area contributed by atoms with Crippen LogP contribution in [0.3, 0.4) is 0 Å². The van der Waals surface area contributed by atoms with Crippen LogP contribution < -0.4 is 20.8 Å². The van der Waals surface area contributed by atoms with Gasteiger partial charge < -0.3 is 4.90 Å². The van der Waals surface area contributed by atoms with Crippen molar-refractivity contribution in [1.82, 2.24) is 0 Å². The van der Waals surface area contributed by atoms with Crippen molar-refractivity contribution in [3.8, 4) is 0 Å². The zero-order valence-electron chi connectivity index (χ0n) is 26.2. The molecule has 0 aromatic heterocycles. The van der Waals surface area contributed by atoms with E-state index >= 15 is 0 Å². The second-order valence-corrected chi connectivity index (χ2v) is 18.3. The van der Waals surface area contributed by atoms with Crippen LogP contribution in [0.1, 0.15) is 80.1 Å². The third-order valence-electron chi connectivity index (χ3n) is 7.32. The summed E-state index contributed by atoms with van der Waals surface area (Å²) in [5.74, 6) is 0. The SMILES string of the molecule is CCCP(CCC)c1cccc(N(c2cccc(P(CCC)CCC)c2)c2cccc(P(CCC)CCC)c2)c1. The van der Waals surface area contributed by atoms with E-state index in [1.54, 1.807) is 15.9 Å². The van der Waals surface area contributed by atoms with E-state index in [2.05, 4.69) is 119 Å². The maximum atomic E-state index is 2.57. The average Bonchev–Trinajstić information content (AvgIpc) is 2.97. The first-order valence-electron chi connectivity index (χ1n) is 15.9. The van der Waals surface area contributed by atoms with E-state index in [0.717, 1.165) is 0 Å². The molecule has 0 aliphatic rings. The van der Waals surface area contributed by atoms with Gasteiger partial charge in [0.15, 0.2) is 0 Å². The highest BCUT2D eigenvalue weighted by molar-refractivity contribution is 7.66. The molecule has 218 valence electrons. The van der Waals surface area contributed by atoms with Crippen LogP contribution in [0.4, 0.5) is 17.1 Å². The van der Waals surface area contributed by atoms with Crippen LogP contribution in [0.25, 0.3) is 0 Å². The summed E-state index contributed by atoms with van der Waals surface area (Å²) in [5, 5.41) is 4.69. The average molecular weight is 594 g/mol. The molecule has 1 nitrogen and oxygen atoms in total. The van der Waals surface area contributed by atoms with Gasteiger partial charge in [-0.3, -0.25) is 0 Å². The van der Waals surface area contributed by atoms with Crippen molar-refractivity contribution in [2.24, 2.45) is 0 Å². The van der Waals surface area contributed by atoms with E-state index in [1.165, 1.54) is 92.6 Å². The van der Waals surface area contributed by atoms with Crippen molar-refractivity contribution in [3.63, 3.8) is 0 Å². The quantitative estimate of drug-likeness (QED) is 0.133. The van der Waals surface area contributed by atoms with Crippen LogP contribution in [-0.4, -0.2) is 37.0 Å². The van der Waals surface area contributed by atoms with Crippen LogP contribution in [0.5, 0.6) is 0 Å². The Bertz CT molecular complexity index is 971. The van der Waals surface area contributed by atoms with Gasteiger partial charge in [0, 0.05) is 17.1 Å². The van der Waals surface area contributed by atoms with E-state index in [0.29, 0.717) is 0 Å². The van der Waals surface area contributed by atoms with Crippen molar-refractivity contribution < 1.29 is 0 Å². The van der Waals surface area contributed by atoms with Crippen molar-refractivity contribution >= 4 is 56.7 Å². The molecule has 0 fully saturated rings. The lowest BCUT2D eigenvalue weighted by Crippen LogP contribution is -2.17. The molecule has 4 heteroatoms. The van der Waals surface area contributed by atoms with Crippen molar-refractivity contribution in [2.45, 2.75) is 80.1 Å². The first-order valence-corrected chi connectivity index (χ1v) is 21.1. The van der Waals surface area contributed by atoms with Gasteiger partial charge in [-0.15, -0.1) is 0 Å². The molecule has 0 spiro atoms. The van der Waals surface area contributed by atoms with Crippen LogP contribution >= 0.6 is 23.8 Å². The van der Waals surface area contributed by atoms with Gasteiger partial charge in [0.2, 0.25) is 0 Å². The van der Waals surface area contributed by atoms with E-state index < -0.39 is 0 Å². The molecular weight excluding hydrogens is 539 g/mol. The number of hydrogen-bond donors (Lipinski definition) is 0. The van der Waals surface area contributed by atoms with E-state index in [4.69, 9.17) is 0 Å². The number of benzene rings is 3. The Morgan fingerprint density at radius 2 is 0.650 bits per heavy atom. The number of rotatable bonds is 18. The number of anilines is 3. The lowest BCUT2D eigenvalue weighted by atomic mass is 10.2. The first kappa shape index (κ1) is 33.3. The number of nitrogens with zero attached hydrogens (tertiary/aromatic N) is 1. The maximum Gasteiger partial charge on any atom is 0.0467 e. The van der Waals surface area contributed by atoms with E-state index in [1.807, 2.05) is 0 Å². The molecule has 0 aliphatic heterocycles. The van der Waals surface area contributed by atoms with Gasteiger partial charge in [-0.05, 0) is 89.3 Å². The van der Waals surface area contributed by atoms with Crippen molar-refractivity contribution in [3.05, 3.63) is 72.8 Å².